The van der Waals surface area contributed by atoms with Gasteiger partial charge in [-0.05, 0) is 19.1 Å². The van der Waals surface area contributed by atoms with E-state index in [1.165, 1.54) is 12.1 Å². The number of carboxylic acid groups (broad SMARTS) is 1. The number of nitrogens with zero attached hydrogens (tertiary/aromatic N) is 1. The minimum Gasteiger partial charge on any atom is -0.478 e. The van der Waals surface area contributed by atoms with Gasteiger partial charge >= 0.3 is 5.97 Å². The molecule has 0 bridgehead atoms. The first-order valence-electron chi connectivity index (χ1n) is 4.64. The van der Waals surface area contributed by atoms with Gasteiger partial charge in [0.05, 0.1) is 0 Å². The SMILES string of the molecule is Cc1[nH]nc(-c2ccccc2F)c1C(=O)O. The van der Waals surface area contributed by atoms with Crippen molar-refractivity contribution in [3.05, 3.63) is 41.3 Å². The molecule has 1 aromatic heterocycles. The molecule has 5 heteroatoms. The highest BCUT2D eigenvalue weighted by Gasteiger charge is 2.20. The number of carboxylic acids is 1. The van der Waals surface area contributed by atoms with E-state index in [0.717, 1.165) is 0 Å². The lowest BCUT2D eigenvalue weighted by Gasteiger charge is -2.00. The summed E-state index contributed by atoms with van der Waals surface area (Å²) in [5.41, 5.74) is 0.725. The predicted octanol–water partition coefficient (Wildman–Crippen LogP) is 2.22. The number of aromatic carboxylic acids is 1. The second-order valence-electron chi connectivity index (χ2n) is 3.36. The summed E-state index contributed by atoms with van der Waals surface area (Å²) in [6, 6.07) is 5.94. The van der Waals surface area contributed by atoms with Crippen molar-refractivity contribution >= 4 is 5.97 Å². The molecule has 1 heterocycles. The van der Waals surface area contributed by atoms with E-state index in [9.17, 15) is 9.18 Å². The second kappa shape index (κ2) is 3.77. The van der Waals surface area contributed by atoms with Crippen molar-refractivity contribution in [2.24, 2.45) is 0 Å². The molecule has 0 radical (unpaired) electrons. The van der Waals surface area contributed by atoms with Crippen LogP contribution in [0.15, 0.2) is 24.3 Å². The molecule has 0 unspecified atom stereocenters. The Morgan fingerprint density at radius 2 is 2.12 bits per heavy atom. The van der Waals surface area contributed by atoms with Crippen LogP contribution in [0, 0.1) is 12.7 Å². The van der Waals surface area contributed by atoms with Crippen LogP contribution in [0.4, 0.5) is 4.39 Å². The number of aromatic amines is 1. The first kappa shape index (κ1) is 10.4. The summed E-state index contributed by atoms with van der Waals surface area (Å²) >= 11 is 0. The van der Waals surface area contributed by atoms with Gasteiger partial charge in [-0.3, -0.25) is 5.10 Å². The van der Waals surface area contributed by atoms with E-state index in [-0.39, 0.29) is 16.8 Å². The molecule has 0 saturated carbocycles. The van der Waals surface area contributed by atoms with Crippen LogP contribution in [-0.2, 0) is 0 Å². The highest BCUT2D eigenvalue weighted by molar-refractivity contribution is 5.96. The van der Waals surface area contributed by atoms with Gasteiger partial charge in [0.1, 0.15) is 17.1 Å². The largest absolute Gasteiger partial charge is 0.478 e. The molecule has 16 heavy (non-hydrogen) atoms. The van der Waals surface area contributed by atoms with Crippen LogP contribution in [0.3, 0.4) is 0 Å². The molecule has 0 fully saturated rings. The molecular formula is C11H9FN2O2. The van der Waals surface area contributed by atoms with Gasteiger partial charge in [0.15, 0.2) is 0 Å². The molecule has 82 valence electrons. The van der Waals surface area contributed by atoms with Crippen molar-refractivity contribution in [3.63, 3.8) is 0 Å². The molecule has 0 amide bonds. The van der Waals surface area contributed by atoms with Crippen molar-refractivity contribution in [3.8, 4) is 11.3 Å². The van der Waals surface area contributed by atoms with E-state index in [0.29, 0.717) is 5.69 Å². The molecule has 0 atom stereocenters. The number of carbonyl (C=O) groups is 1. The van der Waals surface area contributed by atoms with E-state index >= 15 is 0 Å². The Kier molecular flexibility index (Phi) is 2.44. The Morgan fingerprint density at radius 3 is 2.75 bits per heavy atom. The monoisotopic (exact) mass is 220 g/mol. The van der Waals surface area contributed by atoms with Gasteiger partial charge in [-0.15, -0.1) is 0 Å². The van der Waals surface area contributed by atoms with Gasteiger partial charge < -0.3 is 5.11 Å². The summed E-state index contributed by atoms with van der Waals surface area (Å²) in [7, 11) is 0. The summed E-state index contributed by atoms with van der Waals surface area (Å²) < 4.78 is 13.5. The van der Waals surface area contributed by atoms with Crippen molar-refractivity contribution in [1.29, 1.82) is 0 Å². The lowest BCUT2D eigenvalue weighted by Crippen LogP contribution is -2.00. The normalized spacial score (nSPS) is 10.4. The zero-order valence-corrected chi connectivity index (χ0v) is 8.49. The zero-order chi connectivity index (χ0) is 11.7. The van der Waals surface area contributed by atoms with Crippen LogP contribution in [0.5, 0.6) is 0 Å². The zero-order valence-electron chi connectivity index (χ0n) is 8.49. The third-order valence-corrected chi connectivity index (χ3v) is 2.29. The topological polar surface area (TPSA) is 66.0 Å². The van der Waals surface area contributed by atoms with Crippen molar-refractivity contribution in [2.75, 3.05) is 0 Å². The Labute approximate surface area is 90.7 Å². The van der Waals surface area contributed by atoms with Crippen LogP contribution >= 0.6 is 0 Å². The lowest BCUT2D eigenvalue weighted by molar-refractivity contribution is 0.0697. The fourth-order valence-electron chi connectivity index (χ4n) is 1.54. The molecular weight excluding hydrogens is 211 g/mol. The molecule has 2 rings (SSSR count). The van der Waals surface area contributed by atoms with Crippen LogP contribution < -0.4 is 0 Å². The van der Waals surface area contributed by atoms with E-state index in [2.05, 4.69) is 10.2 Å². The number of H-pyrrole nitrogens is 1. The maximum atomic E-state index is 13.5. The number of aryl methyl sites for hydroxylation is 1. The Hall–Kier alpha value is -2.17. The summed E-state index contributed by atoms with van der Waals surface area (Å²) in [6.07, 6.45) is 0. The Bertz CT molecular complexity index is 549. The quantitative estimate of drug-likeness (QED) is 0.815. The Morgan fingerprint density at radius 1 is 1.44 bits per heavy atom. The fraction of sp³-hybridized carbons (Fsp3) is 0.0909. The standard InChI is InChI=1S/C11H9FN2O2/c1-6-9(11(15)16)10(14-13-6)7-4-2-3-5-8(7)12/h2-5H,1H3,(H,13,14)(H,15,16). The Balaban J connectivity index is 2.66. The van der Waals surface area contributed by atoms with E-state index in [1.54, 1.807) is 19.1 Å². The molecule has 0 aliphatic rings. The van der Waals surface area contributed by atoms with E-state index in [1.807, 2.05) is 0 Å². The maximum Gasteiger partial charge on any atom is 0.339 e. The number of nitrogens with one attached hydrogen (secondary N) is 1. The molecule has 2 N–H and O–H groups in total. The third-order valence-electron chi connectivity index (χ3n) is 2.29. The van der Waals surface area contributed by atoms with Gasteiger partial charge in [-0.2, -0.15) is 5.10 Å². The molecule has 0 aliphatic heterocycles. The lowest BCUT2D eigenvalue weighted by atomic mass is 10.1. The predicted molar refractivity (Wildman–Crippen MR) is 55.7 cm³/mol. The molecule has 0 spiro atoms. The van der Waals surface area contributed by atoms with E-state index in [4.69, 9.17) is 5.11 Å². The molecule has 2 aromatic rings. The van der Waals surface area contributed by atoms with E-state index < -0.39 is 11.8 Å². The first-order valence-corrected chi connectivity index (χ1v) is 4.64. The highest BCUT2D eigenvalue weighted by atomic mass is 19.1. The first-order chi connectivity index (χ1) is 7.61. The molecule has 4 nitrogen and oxygen atoms in total. The van der Waals surface area contributed by atoms with Gasteiger partial charge in [-0.25, -0.2) is 9.18 Å². The summed E-state index contributed by atoms with van der Waals surface area (Å²) in [5, 5.41) is 15.4. The second-order valence-corrected chi connectivity index (χ2v) is 3.36. The number of hydrogen-bond acceptors (Lipinski definition) is 2. The number of benzene rings is 1. The minimum absolute atomic E-state index is 0.00472. The molecule has 0 saturated heterocycles. The van der Waals surface area contributed by atoms with Crippen LogP contribution in [0.25, 0.3) is 11.3 Å². The van der Waals surface area contributed by atoms with Gasteiger partial charge in [-0.1, -0.05) is 12.1 Å². The van der Waals surface area contributed by atoms with Gasteiger partial charge in [0.25, 0.3) is 0 Å². The minimum atomic E-state index is -1.12. The van der Waals surface area contributed by atoms with Crippen LogP contribution in [0.2, 0.25) is 0 Å². The average molecular weight is 220 g/mol. The average Bonchev–Trinajstić information content (AvgIpc) is 2.61. The maximum absolute atomic E-state index is 13.5. The van der Waals surface area contributed by atoms with Crippen LogP contribution in [0.1, 0.15) is 16.1 Å². The highest BCUT2D eigenvalue weighted by Crippen LogP contribution is 2.25. The smallest absolute Gasteiger partial charge is 0.339 e. The van der Waals surface area contributed by atoms with Crippen molar-refractivity contribution in [1.82, 2.24) is 10.2 Å². The molecule has 0 aliphatic carbocycles. The van der Waals surface area contributed by atoms with Gasteiger partial charge in [0.2, 0.25) is 0 Å². The number of hydrogen-bond donors (Lipinski definition) is 2. The van der Waals surface area contributed by atoms with Gasteiger partial charge in [0, 0.05) is 11.3 Å². The summed E-state index contributed by atoms with van der Waals surface area (Å²) in [6.45, 7) is 1.58. The van der Waals surface area contributed by atoms with Crippen molar-refractivity contribution in [2.45, 2.75) is 6.92 Å². The number of rotatable bonds is 2. The summed E-state index contributed by atoms with van der Waals surface area (Å²) in [4.78, 5) is 11.0. The third kappa shape index (κ3) is 1.56. The summed E-state index contributed by atoms with van der Waals surface area (Å²) in [5.74, 6) is -1.61. The number of aromatic nitrogens is 2. The van der Waals surface area contributed by atoms with Crippen molar-refractivity contribution < 1.29 is 14.3 Å². The van der Waals surface area contributed by atoms with Crippen LogP contribution in [-0.4, -0.2) is 21.3 Å². The molecule has 1 aromatic carbocycles. The number of halogens is 1. The fourth-order valence-corrected chi connectivity index (χ4v) is 1.54.